The number of aliphatic carboxylic acids is 1. The number of nitrogens with zero attached hydrogens (tertiary/aromatic N) is 1. The highest BCUT2D eigenvalue weighted by Gasteiger charge is 2.27. The maximum absolute atomic E-state index is 11.0. The van der Waals surface area contributed by atoms with E-state index in [1.54, 1.807) is 0 Å². The summed E-state index contributed by atoms with van der Waals surface area (Å²) in [4.78, 5) is 13.2. The molecule has 5 nitrogen and oxygen atoms in total. The number of rotatable bonds is 8. The van der Waals surface area contributed by atoms with Gasteiger partial charge in [-0.15, -0.1) is 0 Å². The van der Waals surface area contributed by atoms with Crippen LogP contribution in [-0.4, -0.2) is 42.3 Å². The van der Waals surface area contributed by atoms with Crippen molar-refractivity contribution in [1.82, 2.24) is 4.90 Å². The van der Waals surface area contributed by atoms with E-state index in [0.717, 1.165) is 36.6 Å². The molecule has 0 amide bonds. The first-order valence-electron chi connectivity index (χ1n) is 8.33. The van der Waals surface area contributed by atoms with Crippen molar-refractivity contribution in [2.75, 3.05) is 26.3 Å². The molecule has 5 heteroatoms. The van der Waals surface area contributed by atoms with Crippen LogP contribution in [0.4, 0.5) is 0 Å². The summed E-state index contributed by atoms with van der Waals surface area (Å²) in [5.41, 5.74) is 1.12. The topological polar surface area (TPSA) is 59.0 Å². The molecule has 1 heterocycles. The molecule has 0 radical (unpaired) electrons. The molecule has 1 fully saturated rings. The average molecular weight is 321 g/mol. The average Bonchev–Trinajstić information content (AvgIpc) is 2.95. The van der Waals surface area contributed by atoms with Gasteiger partial charge in [-0.2, -0.15) is 0 Å². The van der Waals surface area contributed by atoms with Crippen LogP contribution in [0.3, 0.4) is 0 Å². The van der Waals surface area contributed by atoms with Crippen molar-refractivity contribution in [2.24, 2.45) is 11.8 Å². The summed E-state index contributed by atoms with van der Waals surface area (Å²) in [5, 5.41) is 9.09. The Morgan fingerprint density at radius 2 is 2.13 bits per heavy atom. The molecule has 1 aliphatic heterocycles. The fourth-order valence-corrected chi connectivity index (χ4v) is 2.73. The number of hydrogen-bond acceptors (Lipinski definition) is 4. The van der Waals surface area contributed by atoms with Crippen molar-refractivity contribution in [3.63, 3.8) is 0 Å². The first-order valence-corrected chi connectivity index (χ1v) is 8.33. The van der Waals surface area contributed by atoms with Gasteiger partial charge in [-0.25, -0.2) is 0 Å². The van der Waals surface area contributed by atoms with Crippen LogP contribution in [0, 0.1) is 11.8 Å². The summed E-state index contributed by atoms with van der Waals surface area (Å²) >= 11 is 0. The van der Waals surface area contributed by atoms with Gasteiger partial charge in [0, 0.05) is 13.1 Å². The van der Waals surface area contributed by atoms with Gasteiger partial charge in [0.2, 0.25) is 0 Å². The van der Waals surface area contributed by atoms with Crippen LogP contribution >= 0.6 is 0 Å². The van der Waals surface area contributed by atoms with E-state index in [1.807, 2.05) is 25.1 Å². The van der Waals surface area contributed by atoms with Gasteiger partial charge in [-0.1, -0.05) is 19.9 Å². The Morgan fingerprint density at radius 1 is 1.35 bits per heavy atom. The summed E-state index contributed by atoms with van der Waals surface area (Å²) < 4.78 is 11.5. The fraction of sp³-hybridized carbons (Fsp3) is 0.611. The maximum atomic E-state index is 11.0. The van der Waals surface area contributed by atoms with Gasteiger partial charge < -0.3 is 14.6 Å². The van der Waals surface area contributed by atoms with E-state index >= 15 is 0 Å². The molecule has 2 rings (SSSR count). The monoisotopic (exact) mass is 321 g/mol. The largest absolute Gasteiger partial charge is 0.490 e. The molecule has 0 spiro atoms. The molecule has 1 unspecified atom stereocenters. The zero-order valence-corrected chi connectivity index (χ0v) is 14.2. The Kier molecular flexibility index (Phi) is 6.28. The van der Waals surface area contributed by atoms with Crippen molar-refractivity contribution < 1.29 is 19.4 Å². The Labute approximate surface area is 138 Å². The molecule has 1 aliphatic rings. The molecule has 1 atom stereocenters. The second-order valence-corrected chi connectivity index (χ2v) is 6.48. The van der Waals surface area contributed by atoms with Crippen molar-refractivity contribution in [3.05, 3.63) is 23.8 Å². The van der Waals surface area contributed by atoms with Crippen molar-refractivity contribution in [2.45, 2.75) is 33.7 Å². The highest BCUT2D eigenvalue weighted by Crippen LogP contribution is 2.30. The fourth-order valence-electron chi connectivity index (χ4n) is 2.73. The van der Waals surface area contributed by atoms with Crippen LogP contribution in [0.5, 0.6) is 11.5 Å². The molecule has 23 heavy (non-hydrogen) atoms. The van der Waals surface area contributed by atoms with Gasteiger partial charge >= 0.3 is 5.97 Å². The Bertz CT molecular complexity index is 530. The first kappa shape index (κ1) is 17.6. The molecule has 1 aromatic carbocycles. The molecule has 0 aliphatic carbocycles. The number of benzene rings is 1. The second-order valence-electron chi connectivity index (χ2n) is 6.48. The molecular formula is C18H27NO4. The predicted octanol–water partition coefficient (Wildman–Crippen LogP) is 3.03. The molecule has 0 aromatic heterocycles. The number of ether oxygens (including phenoxy) is 2. The third kappa shape index (κ3) is 5.13. The Balaban J connectivity index is 2.02. The lowest BCUT2D eigenvalue weighted by Gasteiger charge is -2.18. The van der Waals surface area contributed by atoms with Crippen LogP contribution in [0.15, 0.2) is 18.2 Å². The van der Waals surface area contributed by atoms with Crippen molar-refractivity contribution in [3.8, 4) is 11.5 Å². The summed E-state index contributed by atoms with van der Waals surface area (Å²) in [6, 6.07) is 5.99. The van der Waals surface area contributed by atoms with Crippen molar-refractivity contribution in [1.29, 1.82) is 0 Å². The third-order valence-corrected chi connectivity index (χ3v) is 3.91. The number of likely N-dealkylation sites (tertiary alicyclic amines) is 1. The van der Waals surface area contributed by atoms with Crippen LogP contribution in [0.2, 0.25) is 0 Å². The summed E-state index contributed by atoms with van der Waals surface area (Å²) in [6.45, 7) is 9.61. The molecule has 1 N–H and O–H groups in total. The van der Waals surface area contributed by atoms with E-state index in [-0.39, 0.29) is 5.92 Å². The normalized spacial score (nSPS) is 18.3. The van der Waals surface area contributed by atoms with E-state index in [0.29, 0.717) is 25.7 Å². The van der Waals surface area contributed by atoms with Crippen LogP contribution in [0.1, 0.15) is 32.8 Å². The van der Waals surface area contributed by atoms with Gasteiger partial charge in [0.25, 0.3) is 0 Å². The number of carbonyl (C=O) groups is 1. The highest BCUT2D eigenvalue weighted by molar-refractivity contribution is 5.70. The lowest BCUT2D eigenvalue weighted by molar-refractivity contribution is -0.141. The van der Waals surface area contributed by atoms with E-state index < -0.39 is 5.97 Å². The maximum Gasteiger partial charge on any atom is 0.307 e. The zero-order valence-electron chi connectivity index (χ0n) is 14.2. The van der Waals surface area contributed by atoms with E-state index in [9.17, 15) is 4.79 Å². The number of hydrogen-bond donors (Lipinski definition) is 1. The van der Waals surface area contributed by atoms with Gasteiger partial charge in [0.15, 0.2) is 11.5 Å². The predicted molar refractivity (Wildman–Crippen MR) is 89.0 cm³/mol. The zero-order chi connectivity index (χ0) is 16.8. The Hall–Kier alpha value is -1.75. The van der Waals surface area contributed by atoms with Gasteiger partial charge in [-0.05, 0) is 43.5 Å². The number of carboxylic acids is 1. The standard InChI is InChI=1S/C18H27NO4/c1-4-22-17-9-14(5-6-16(17)23-12-13(2)3)10-19-8-7-15(11-19)18(20)21/h5-6,9,13,15H,4,7-8,10-12H2,1-3H3,(H,20,21). The smallest absolute Gasteiger partial charge is 0.307 e. The molecule has 1 saturated heterocycles. The minimum absolute atomic E-state index is 0.241. The molecule has 0 bridgehead atoms. The van der Waals surface area contributed by atoms with Gasteiger partial charge in [0.1, 0.15) is 0 Å². The number of carboxylic acid groups (broad SMARTS) is 1. The van der Waals surface area contributed by atoms with Gasteiger partial charge in [0.05, 0.1) is 19.1 Å². The first-order chi connectivity index (χ1) is 11.0. The summed E-state index contributed by atoms with van der Waals surface area (Å²) in [5.74, 6) is 1.06. The minimum atomic E-state index is -0.695. The van der Waals surface area contributed by atoms with Crippen LogP contribution in [-0.2, 0) is 11.3 Å². The summed E-state index contributed by atoms with van der Waals surface area (Å²) in [7, 11) is 0. The summed E-state index contributed by atoms with van der Waals surface area (Å²) in [6.07, 6.45) is 0.725. The molecule has 1 aromatic rings. The second kappa shape index (κ2) is 8.20. The molecule has 0 saturated carbocycles. The van der Waals surface area contributed by atoms with Crippen molar-refractivity contribution >= 4 is 5.97 Å². The molecular weight excluding hydrogens is 294 g/mol. The van der Waals surface area contributed by atoms with E-state index in [4.69, 9.17) is 14.6 Å². The quantitative estimate of drug-likeness (QED) is 0.797. The van der Waals surface area contributed by atoms with E-state index in [2.05, 4.69) is 18.7 Å². The minimum Gasteiger partial charge on any atom is -0.490 e. The lowest BCUT2D eigenvalue weighted by Crippen LogP contribution is -2.22. The van der Waals surface area contributed by atoms with Crippen LogP contribution < -0.4 is 9.47 Å². The van der Waals surface area contributed by atoms with Gasteiger partial charge in [-0.3, -0.25) is 9.69 Å². The lowest BCUT2D eigenvalue weighted by atomic mass is 10.1. The molecule has 128 valence electrons. The van der Waals surface area contributed by atoms with Crippen LogP contribution in [0.25, 0.3) is 0 Å². The third-order valence-electron chi connectivity index (χ3n) is 3.91. The highest BCUT2D eigenvalue weighted by atomic mass is 16.5. The van der Waals surface area contributed by atoms with E-state index in [1.165, 1.54) is 0 Å². The SMILES string of the molecule is CCOc1cc(CN2CCC(C(=O)O)C2)ccc1OCC(C)C. The Morgan fingerprint density at radius 3 is 2.74 bits per heavy atom.